The van der Waals surface area contributed by atoms with Crippen LogP contribution in [0, 0.1) is 5.92 Å². The third kappa shape index (κ3) is 6.11. The molecule has 2 aliphatic rings. The molecule has 41 heavy (non-hydrogen) atoms. The molecule has 1 saturated carbocycles. The molecule has 1 saturated heterocycles. The molecule has 0 bridgehead atoms. The van der Waals surface area contributed by atoms with Crippen LogP contribution >= 0.6 is 0 Å². The van der Waals surface area contributed by atoms with E-state index in [1.807, 2.05) is 74.5 Å². The molecule has 0 spiro atoms. The highest BCUT2D eigenvalue weighted by atomic mass is 16.5. The van der Waals surface area contributed by atoms with Gasteiger partial charge in [-0.1, -0.05) is 38.1 Å². The topological polar surface area (TPSA) is 97.7 Å². The van der Waals surface area contributed by atoms with E-state index in [9.17, 15) is 9.59 Å². The molecule has 2 atom stereocenters. The molecule has 2 N–H and O–H groups in total. The largest absolute Gasteiger partial charge is 0.455 e. The minimum Gasteiger partial charge on any atom is -0.455 e. The third-order valence-corrected chi connectivity index (χ3v) is 7.65. The first-order chi connectivity index (χ1) is 20.0. The van der Waals surface area contributed by atoms with E-state index in [4.69, 9.17) is 9.47 Å². The molecule has 2 aromatic carbocycles. The van der Waals surface area contributed by atoms with Gasteiger partial charge in [0.05, 0.1) is 30.8 Å². The SMILES string of the molecule is CC(C)C(=O)n1cccc1C1CC1NC(=O)Nc1ccc(Oc2ccc(CN3CCOCC3)nc2)c2ccccc12. The summed E-state index contributed by atoms with van der Waals surface area (Å²) in [4.78, 5) is 32.4. The number of rotatable bonds is 8. The number of benzene rings is 2. The van der Waals surface area contributed by atoms with E-state index >= 15 is 0 Å². The Morgan fingerprint density at radius 3 is 2.59 bits per heavy atom. The molecule has 2 unspecified atom stereocenters. The van der Waals surface area contributed by atoms with Crippen LogP contribution in [-0.2, 0) is 11.3 Å². The van der Waals surface area contributed by atoms with E-state index in [-0.39, 0.29) is 29.8 Å². The van der Waals surface area contributed by atoms with Crippen LogP contribution in [0.2, 0.25) is 0 Å². The van der Waals surface area contributed by atoms with Gasteiger partial charge >= 0.3 is 6.03 Å². The van der Waals surface area contributed by atoms with Crippen molar-refractivity contribution in [3.05, 3.63) is 84.4 Å². The average Bonchev–Trinajstić information content (AvgIpc) is 3.56. The summed E-state index contributed by atoms with van der Waals surface area (Å²) in [6.07, 6.45) is 4.36. The maximum absolute atomic E-state index is 13.0. The lowest BCUT2D eigenvalue weighted by Gasteiger charge is -2.26. The number of fused-ring (bicyclic) bond motifs is 1. The molecule has 2 amide bonds. The highest BCUT2D eigenvalue weighted by molar-refractivity contribution is 6.04. The van der Waals surface area contributed by atoms with Gasteiger partial charge in [0.1, 0.15) is 11.5 Å². The molecule has 3 heterocycles. The van der Waals surface area contributed by atoms with Crippen LogP contribution < -0.4 is 15.4 Å². The Labute approximate surface area is 239 Å². The van der Waals surface area contributed by atoms with E-state index in [2.05, 4.69) is 20.5 Å². The molecule has 2 fully saturated rings. The van der Waals surface area contributed by atoms with Crippen LogP contribution in [0.3, 0.4) is 0 Å². The number of ether oxygens (including phenoxy) is 2. The molecule has 0 radical (unpaired) electrons. The minimum atomic E-state index is -0.273. The number of carbonyl (C=O) groups excluding carboxylic acids is 2. The maximum atomic E-state index is 13.0. The fraction of sp³-hybridized carbons (Fsp3) is 0.344. The number of nitrogens with zero attached hydrogens (tertiary/aromatic N) is 3. The lowest BCUT2D eigenvalue weighted by molar-refractivity contribution is 0.0336. The zero-order valence-corrected chi connectivity index (χ0v) is 23.4. The van der Waals surface area contributed by atoms with E-state index in [0.29, 0.717) is 17.2 Å². The molecule has 9 nitrogen and oxygen atoms in total. The molecular weight excluding hydrogens is 518 g/mol. The van der Waals surface area contributed by atoms with Gasteiger partial charge in [-0.05, 0) is 42.8 Å². The highest BCUT2D eigenvalue weighted by Crippen LogP contribution is 2.41. The fourth-order valence-corrected chi connectivity index (χ4v) is 5.33. The van der Waals surface area contributed by atoms with E-state index in [1.165, 1.54) is 0 Å². The average molecular weight is 554 g/mol. The molecule has 6 rings (SSSR count). The molecular formula is C32H35N5O4. The molecule has 1 aliphatic carbocycles. The summed E-state index contributed by atoms with van der Waals surface area (Å²) in [7, 11) is 0. The van der Waals surface area contributed by atoms with Gasteiger partial charge in [-0.25, -0.2) is 4.79 Å². The Morgan fingerprint density at radius 2 is 1.83 bits per heavy atom. The predicted molar refractivity (Wildman–Crippen MR) is 158 cm³/mol. The van der Waals surface area contributed by atoms with Crippen molar-refractivity contribution >= 4 is 28.4 Å². The zero-order valence-electron chi connectivity index (χ0n) is 23.4. The summed E-state index contributed by atoms with van der Waals surface area (Å²) >= 11 is 0. The first kappa shape index (κ1) is 27.0. The number of amides is 2. The van der Waals surface area contributed by atoms with E-state index in [1.54, 1.807) is 17.0 Å². The van der Waals surface area contributed by atoms with Crippen LogP contribution in [-0.4, -0.2) is 58.7 Å². The standard InChI is InChI=1S/C32H35N5O4/c1-21(2)31(38)37-13-5-8-29(37)26-18-28(26)35-32(39)34-27-11-12-30(25-7-4-3-6-24(25)27)41-23-10-9-22(33-19-23)20-36-14-16-40-17-15-36/h3-13,19,21,26,28H,14-18,20H2,1-2H3,(H2,34,35,39). The van der Waals surface area contributed by atoms with Gasteiger partial charge < -0.3 is 20.1 Å². The van der Waals surface area contributed by atoms with Crippen molar-refractivity contribution in [2.45, 2.75) is 38.8 Å². The van der Waals surface area contributed by atoms with Gasteiger partial charge in [0.25, 0.3) is 0 Å². The summed E-state index contributed by atoms with van der Waals surface area (Å²) in [6.45, 7) is 7.93. The van der Waals surface area contributed by atoms with Crippen molar-refractivity contribution in [2.75, 3.05) is 31.6 Å². The van der Waals surface area contributed by atoms with Gasteiger partial charge in [0.2, 0.25) is 5.91 Å². The van der Waals surface area contributed by atoms with Crippen molar-refractivity contribution in [3.8, 4) is 11.5 Å². The van der Waals surface area contributed by atoms with Crippen molar-refractivity contribution in [1.29, 1.82) is 0 Å². The number of anilines is 1. The predicted octanol–water partition coefficient (Wildman–Crippen LogP) is 5.63. The Morgan fingerprint density at radius 1 is 1.02 bits per heavy atom. The molecule has 212 valence electrons. The van der Waals surface area contributed by atoms with Gasteiger partial charge in [-0.3, -0.25) is 19.2 Å². The Balaban J connectivity index is 1.10. The number of carbonyl (C=O) groups is 2. The number of nitrogens with one attached hydrogen (secondary N) is 2. The molecule has 2 aromatic heterocycles. The number of morpholine rings is 1. The lowest BCUT2D eigenvalue weighted by atomic mass is 10.1. The first-order valence-electron chi connectivity index (χ1n) is 14.2. The summed E-state index contributed by atoms with van der Waals surface area (Å²) in [6, 6.07) is 19.0. The quantitative estimate of drug-likeness (QED) is 0.293. The number of hydrogen-bond acceptors (Lipinski definition) is 6. The molecule has 4 aromatic rings. The summed E-state index contributed by atoms with van der Waals surface area (Å²) in [5, 5.41) is 7.84. The van der Waals surface area contributed by atoms with Crippen molar-refractivity contribution in [1.82, 2.24) is 19.8 Å². The van der Waals surface area contributed by atoms with E-state index < -0.39 is 0 Å². The van der Waals surface area contributed by atoms with Crippen molar-refractivity contribution in [3.63, 3.8) is 0 Å². The summed E-state index contributed by atoms with van der Waals surface area (Å²) in [5.41, 5.74) is 2.64. The van der Waals surface area contributed by atoms with Gasteiger partial charge in [-0.15, -0.1) is 0 Å². The van der Waals surface area contributed by atoms with E-state index in [0.717, 1.165) is 61.4 Å². The third-order valence-electron chi connectivity index (χ3n) is 7.65. The van der Waals surface area contributed by atoms with Crippen LogP contribution in [0.1, 0.15) is 42.4 Å². The normalized spacial score (nSPS) is 18.8. The fourth-order valence-electron chi connectivity index (χ4n) is 5.33. The minimum absolute atomic E-state index is 0.0174. The van der Waals surface area contributed by atoms with Crippen LogP contribution in [0.4, 0.5) is 10.5 Å². The zero-order chi connectivity index (χ0) is 28.3. The van der Waals surface area contributed by atoms with Gasteiger partial charge in [-0.2, -0.15) is 0 Å². The molecule has 1 aliphatic heterocycles. The van der Waals surface area contributed by atoms with Crippen molar-refractivity contribution < 1.29 is 19.1 Å². The second-order valence-corrected chi connectivity index (χ2v) is 11.0. The number of pyridine rings is 1. The smallest absolute Gasteiger partial charge is 0.319 e. The lowest BCUT2D eigenvalue weighted by Crippen LogP contribution is -2.35. The Hall–Kier alpha value is -4.21. The van der Waals surface area contributed by atoms with Crippen LogP contribution in [0.15, 0.2) is 73.1 Å². The number of aromatic nitrogens is 2. The second kappa shape index (κ2) is 11.7. The monoisotopic (exact) mass is 553 g/mol. The van der Waals surface area contributed by atoms with Crippen LogP contribution in [0.25, 0.3) is 10.8 Å². The highest BCUT2D eigenvalue weighted by Gasteiger charge is 2.42. The van der Waals surface area contributed by atoms with Crippen molar-refractivity contribution in [2.24, 2.45) is 5.92 Å². The van der Waals surface area contributed by atoms with Gasteiger partial charge in [0.15, 0.2) is 0 Å². The van der Waals surface area contributed by atoms with Crippen LogP contribution in [0.5, 0.6) is 11.5 Å². The second-order valence-electron chi connectivity index (χ2n) is 11.0. The number of urea groups is 1. The molecule has 9 heteroatoms. The maximum Gasteiger partial charge on any atom is 0.319 e. The summed E-state index contributed by atoms with van der Waals surface area (Å²) < 4.78 is 13.4. The number of hydrogen-bond donors (Lipinski definition) is 2. The first-order valence-corrected chi connectivity index (χ1v) is 14.2. The Kier molecular flexibility index (Phi) is 7.71. The Bertz CT molecular complexity index is 1540. The summed E-state index contributed by atoms with van der Waals surface area (Å²) in [5.74, 6) is 1.44. The van der Waals surface area contributed by atoms with Gasteiger partial charge in [0, 0.05) is 60.2 Å².